The second-order valence-corrected chi connectivity index (χ2v) is 7.10. The van der Waals surface area contributed by atoms with Crippen LogP contribution in [0.5, 0.6) is 0 Å². The lowest BCUT2D eigenvalue weighted by Gasteiger charge is -2.29. The van der Waals surface area contributed by atoms with Crippen LogP contribution in [-0.4, -0.2) is 22.6 Å². The van der Waals surface area contributed by atoms with Gasteiger partial charge in [0.05, 0.1) is 16.9 Å². The standard InChI is InChI=1S/C18H15NO7S/c1-18(2)25-16(20)14(17(21)26-18)9-11-8-12(19(22)23)5-6-15(11)27-10-13-4-3-7-24-13/h3-9H,10H2,1-2H3. The number of nitrogens with zero attached hydrogens (tertiary/aromatic N) is 1. The number of carbonyl (C=O) groups is 2. The SMILES string of the molecule is CC1(C)OC(=O)C(=Cc2cc([N+](=O)[O-])ccc2SCc2ccco2)C(=O)O1. The van der Waals surface area contributed by atoms with Crippen molar-refractivity contribution in [2.45, 2.75) is 30.3 Å². The number of esters is 2. The number of hydrogen-bond acceptors (Lipinski definition) is 8. The topological polar surface area (TPSA) is 109 Å². The number of ether oxygens (including phenoxy) is 2. The van der Waals surface area contributed by atoms with Gasteiger partial charge < -0.3 is 13.9 Å². The third kappa shape index (κ3) is 4.37. The molecule has 3 rings (SSSR count). The number of nitro groups is 1. The van der Waals surface area contributed by atoms with E-state index in [4.69, 9.17) is 13.9 Å². The van der Waals surface area contributed by atoms with Gasteiger partial charge in [-0.25, -0.2) is 9.59 Å². The maximum atomic E-state index is 12.2. The molecule has 1 aliphatic heterocycles. The smallest absolute Gasteiger partial charge is 0.348 e. The summed E-state index contributed by atoms with van der Waals surface area (Å²) in [5.41, 5.74) is -0.152. The number of rotatable bonds is 5. The Labute approximate surface area is 158 Å². The van der Waals surface area contributed by atoms with Crippen LogP contribution in [0.2, 0.25) is 0 Å². The Bertz CT molecular complexity index is 909. The van der Waals surface area contributed by atoms with E-state index in [1.54, 1.807) is 24.5 Å². The molecule has 0 radical (unpaired) electrons. The summed E-state index contributed by atoms with van der Waals surface area (Å²) in [6.45, 7) is 2.88. The van der Waals surface area contributed by atoms with E-state index in [0.29, 0.717) is 16.2 Å². The van der Waals surface area contributed by atoms with E-state index in [0.717, 1.165) is 5.76 Å². The first-order chi connectivity index (χ1) is 12.7. The van der Waals surface area contributed by atoms with Crippen molar-refractivity contribution in [2.24, 2.45) is 0 Å². The highest BCUT2D eigenvalue weighted by atomic mass is 32.2. The van der Waals surface area contributed by atoms with Gasteiger partial charge in [0.1, 0.15) is 11.3 Å². The molecule has 1 fully saturated rings. The Balaban J connectivity index is 1.96. The van der Waals surface area contributed by atoms with Crippen LogP contribution in [0.3, 0.4) is 0 Å². The molecule has 9 heteroatoms. The third-order valence-corrected chi connectivity index (χ3v) is 4.68. The number of carbonyl (C=O) groups excluding carboxylic acids is 2. The summed E-state index contributed by atoms with van der Waals surface area (Å²) in [4.78, 5) is 35.5. The summed E-state index contributed by atoms with van der Waals surface area (Å²) in [7, 11) is 0. The summed E-state index contributed by atoms with van der Waals surface area (Å²) < 4.78 is 15.4. The number of thioether (sulfide) groups is 1. The summed E-state index contributed by atoms with van der Waals surface area (Å²) in [6, 6.07) is 7.76. The van der Waals surface area contributed by atoms with Crippen LogP contribution in [0.15, 0.2) is 51.5 Å². The van der Waals surface area contributed by atoms with E-state index in [1.165, 1.54) is 43.8 Å². The Morgan fingerprint density at radius 3 is 2.48 bits per heavy atom. The molecule has 2 aromatic rings. The Hall–Kier alpha value is -3.07. The van der Waals surface area contributed by atoms with Crippen molar-refractivity contribution in [3.8, 4) is 0 Å². The Morgan fingerprint density at radius 1 is 1.19 bits per heavy atom. The number of cyclic esters (lactones) is 2. The number of nitro benzene ring substituents is 1. The Kier molecular flexibility index (Phi) is 5.04. The van der Waals surface area contributed by atoms with E-state index in [1.807, 2.05) is 0 Å². The largest absolute Gasteiger partial charge is 0.468 e. The molecule has 2 heterocycles. The number of furan rings is 1. The molecule has 0 spiro atoms. The quantitative estimate of drug-likeness (QED) is 0.190. The van der Waals surface area contributed by atoms with Gasteiger partial charge in [0.2, 0.25) is 0 Å². The zero-order valence-corrected chi connectivity index (χ0v) is 15.3. The molecule has 0 saturated carbocycles. The molecule has 140 valence electrons. The van der Waals surface area contributed by atoms with Crippen LogP contribution in [-0.2, 0) is 24.8 Å². The molecule has 1 aromatic carbocycles. The number of non-ortho nitro benzene ring substituents is 1. The first-order valence-corrected chi connectivity index (χ1v) is 8.86. The minimum Gasteiger partial charge on any atom is -0.468 e. The summed E-state index contributed by atoms with van der Waals surface area (Å²) >= 11 is 1.35. The van der Waals surface area contributed by atoms with Crippen molar-refractivity contribution in [3.63, 3.8) is 0 Å². The fourth-order valence-corrected chi connectivity index (χ4v) is 3.28. The van der Waals surface area contributed by atoms with Crippen molar-refractivity contribution in [1.29, 1.82) is 0 Å². The van der Waals surface area contributed by atoms with Crippen molar-refractivity contribution in [3.05, 3.63) is 63.6 Å². The van der Waals surface area contributed by atoms with E-state index >= 15 is 0 Å². The van der Waals surface area contributed by atoms with Gasteiger partial charge in [0, 0.05) is 30.9 Å². The van der Waals surface area contributed by atoms with E-state index in [-0.39, 0.29) is 11.3 Å². The zero-order valence-electron chi connectivity index (χ0n) is 14.5. The molecule has 1 aliphatic rings. The summed E-state index contributed by atoms with van der Waals surface area (Å²) in [5, 5.41) is 11.1. The first kappa shape index (κ1) is 18.7. The van der Waals surface area contributed by atoms with Crippen LogP contribution in [0, 0.1) is 10.1 Å². The van der Waals surface area contributed by atoms with Gasteiger partial charge in [0.25, 0.3) is 11.5 Å². The van der Waals surface area contributed by atoms with Crippen LogP contribution in [0.4, 0.5) is 5.69 Å². The third-order valence-electron chi connectivity index (χ3n) is 3.57. The van der Waals surface area contributed by atoms with Gasteiger partial charge in [-0.2, -0.15) is 0 Å². The number of benzene rings is 1. The lowest BCUT2D eigenvalue weighted by Crippen LogP contribution is -2.41. The fourth-order valence-electron chi connectivity index (χ4n) is 2.37. The van der Waals surface area contributed by atoms with E-state index in [9.17, 15) is 19.7 Å². The molecule has 1 saturated heterocycles. The molecule has 0 aliphatic carbocycles. The Morgan fingerprint density at radius 2 is 1.89 bits per heavy atom. The average molecular weight is 389 g/mol. The summed E-state index contributed by atoms with van der Waals surface area (Å²) in [5.74, 6) is -1.85. The molecule has 0 bridgehead atoms. The molecular formula is C18H15NO7S. The predicted molar refractivity (Wildman–Crippen MR) is 95.6 cm³/mol. The fraction of sp³-hybridized carbons (Fsp3) is 0.222. The second kappa shape index (κ2) is 7.28. The van der Waals surface area contributed by atoms with E-state index < -0.39 is 22.6 Å². The molecule has 27 heavy (non-hydrogen) atoms. The highest BCUT2D eigenvalue weighted by molar-refractivity contribution is 7.98. The predicted octanol–water partition coefficient (Wildman–Crippen LogP) is 3.70. The molecule has 0 atom stereocenters. The van der Waals surface area contributed by atoms with Crippen LogP contribution < -0.4 is 0 Å². The molecule has 0 amide bonds. The van der Waals surface area contributed by atoms with Gasteiger partial charge in [-0.15, -0.1) is 11.8 Å². The molecule has 0 N–H and O–H groups in total. The minimum absolute atomic E-state index is 0.165. The lowest BCUT2D eigenvalue weighted by atomic mass is 10.1. The van der Waals surface area contributed by atoms with Crippen molar-refractivity contribution >= 4 is 35.5 Å². The zero-order chi connectivity index (χ0) is 19.6. The lowest BCUT2D eigenvalue weighted by molar-refractivity contribution is -0.384. The summed E-state index contributed by atoms with van der Waals surface area (Å²) in [6.07, 6.45) is 2.79. The maximum absolute atomic E-state index is 12.2. The molecule has 1 aromatic heterocycles. The van der Waals surface area contributed by atoms with Crippen LogP contribution in [0.25, 0.3) is 6.08 Å². The van der Waals surface area contributed by atoms with Gasteiger partial charge in [0.15, 0.2) is 0 Å². The molecular weight excluding hydrogens is 374 g/mol. The van der Waals surface area contributed by atoms with Gasteiger partial charge in [-0.1, -0.05) is 0 Å². The minimum atomic E-state index is -1.36. The van der Waals surface area contributed by atoms with Crippen LogP contribution >= 0.6 is 11.8 Å². The van der Waals surface area contributed by atoms with Crippen molar-refractivity contribution in [2.75, 3.05) is 0 Å². The maximum Gasteiger partial charge on any atom is 0.348 e. The van der Waals surface area contributed by atoms with Crippen LogP contribution in [0.1, 0.15) is 25.2 Å². The second-order valence-electron chi connectivity index (χ2n) is 6.08. The highest BCUT2D eigenvalue weighted by Crippen LogP contribution is 2.32. The first-order valence-electron chi connectivity index (χ1n) is 7.87. The monoisotopic (exact) mass is 389 g/mol. The van der Waals surface area contributed by atoms with Gasteiger partial charge in [-0.3, -0.25) is 10.1 Å². The van der Waals surface area contributed by atoms with Gasteiger partial charge >= 0.3 is 11.9 Å². The molecule has 0 unspecified atom stereocenters. The normalized spacial score (nSPS) is 15.9. The van der Waals surface area contributed by atoms with E-state index in [2.05, 4.69) is 0 Å². The average Bonchev–Trinajstić information content (AvgIpc) is 3.09. The number of hydrogen-bond donors (Lipinski definition) is 0. The highest BCUT2D eigenvalue weighted by Gasteiger charge is 2.39. The van der Waals surface area contributed by atoms with Crippen molar-refractivity contribution < 1.29 is 28.4 Å². The van der Waals surface area contributed by atoms with Crippen molar-refractivity contribution in [1.82, 2.24) is 0 Å². The molecule has 8 nitrogen and oxygen atoms in total. The van der Waals surface area contributed by atoms with Gasteiger partial charge in [-0.05, 0) is 29.8 Å².